The summed E-state index contributed by atoms with van der Waals surface area (Å²) in [7, 11) is 0. The van der Waals surface area contributed by atoms with Gasteiger partial charge in [0.25, 0.3) is 0 Å². The maximum atomic E-state index is 12.9. The second-order valence-corrected chi connectivity index (χ2v) is 7.01. The van der Waals surface area contributed by atoms with Crippen LogP contribution in [0.15, 0.2) is 50.8 Å². The number of amides is 1. The molecule has 1 aliphatic heterocycles. The number of benzene rings is 1. The van der Waals surface area contributed by atoms with E-state index in [1.807, 2.05) is 56.5 Å². The molecule has 3 heterocycles. The van der Waals surface area contributed by atoms with Gasteiger partial charge in [0.1, 0.15) is 5.76 Å². The molecule has 0 saturated carbocycles. The fourth-order valence-corrected chi connectivity index (χ4v) is 3.72. The topological polar surface area (TPSA) is 83.1 Å². The third-order valence-corrected chi connectivity index (χ3v) is 5.11. The van der Waals surface area contributed by atoms with E-state index in [1.165, 1.54) is 11.8 Å². The molecule has 0 aliphatic carbocycles. The first-order valence-corrected chi connectivity index (χ1v) is 9.85. The first-order chi connectivity index (χ1) is 13.0. The van der Waals surface area contributed by atoms with Crippen molar-refractivity contribution < 1.29 is 13.9 Å². The molecule has 2 aromatic heterocycles. The monoisotopic (exact) mass is 383 g/mol. The smallest absolute Gasteiger partial charge is 0.325 e. The van der Waals surface area contributed by atoms with Crippen molar-refractivity contribution in [2.45, 2.75) is 31.6 Å². The number of furan rings is 1. The van der Waals surface area contributed by atoms with Gasteiger partial charge in [-0.3, -0.25) is 14.6 Å². The Kier molecular flexibility index (Phi) is 4.35. The highest BCUT2D eigenvalue weighted by molar-refractivity contribution is 7.98. The summed E-state index contributed by atoms with van der Waals surface area (Å²) in [6.07, 6.45) is 1.49. The highest BCUT2D eigenvalue weighted by atomic mass is 32.2. The molecule has 1 atom stereocenters. The summed E-state index contributed by atoms with van der Waals surface area (Å²) in [6, 6.07) is 11.0. The van der Waals surface area contributed by atoms with Gasteiger partial charge in [-0.15, -0.1) is 0 Å². The van der Waals surface area contributed by atoms with E-state index in [0.717, 1.165) is 5.76 Å². The number of rotatable bonds is 3. The Bertz CT molecular complexity index is 1090. The van der Waals surface area contributed by atoms with Crippen molar-refractivity contribution >= 4 is 23.4 Å². The van der Waals surface area contributed by atoms with Crippen LogP contribution >= 0.6 is 11.8 Å². The largest absolute Gasteiger partial charge is 0.457 e. The molecule has 0 bridgehead atoms. The molecule has 0 fully saturated rings. The van der Waals surface area contributed by atoms with Crippen LogP contribution in [0.25, 0.3) is 11.3 Å². The molecule has 1 amide bonds. The SMILES string of the molecule is CCC(=O)N1c2ccccc2-c2c(=O)[nH]c(SC)n[n+]2[C@@H]1c1ccc(C)o1. The van der Waals surface area contributed by atoms with Crippen LogP contribution < -0.4 is 15.1 Å². The van der Waals surface area contributed by atoms with Crippen LogP contribution in [0.2, 0.25) is 0 Å². The van der Waals surface area contributed by atoms with E-state index in [2.05, 4.69) is 10.1 Å². The highest BCUT2D eigenvalue weighted by Crippen LogP contribution is 2.37. The Balaban J connectivity index is 2.09. The third-order valence-electron chi connectivity index (χ3n) is 4.54. The van der Waals surface area contributed by atoms with Crippen LogP contribution in [0.4, 0.5) is 5.69 Å². The minimum absolute atomic E-state index is 0.0764. The van der Waals surface area contributed by atoms with E-state index < -0.39 is 6.17 Å². The average molecular weight is 383 g/mol. The number of carbonyl (C=O) groups excluding carboxylic acids is 1. The lowest BCUT2D eigenvalue weighted by Gasteiger charge is -2.30. The number of H-pyrrole nitrogens is 1. The van der Waals surface area contributed by atoms with Gasteiger partial charge >= 0.3 is 17.4 Å². The predicted molar refractivity (Wildman–Crippen MR) is 102 cm³/mol. The summed E-state index contributed by atoms with van der Waals surface area (Å²) < 4.78 is 7.46. The molecule has 27 heavy (non-hydrogen) atoms. The zero-order chi connectivity index (χ0) is 19.1. The fourth-order valence-electron chi connectivity index (χ4n) is 3.35. The van der Waals surface area contributed by atoms with Gasteiger partial charge in [-0.05, 0) is 42.1 Å². The van der Waals surface area contributed by atoms with Crippen molar-refractivity contribution in [2.24, 2.45) is 0 Å². The van der Waals surface area contributed by atoms with E-state index in [0.29, 0.717) is 34.3 Å². The van der Waals surface area contributed by atoms with Crippen molar-refractivity contribution in [2.75, 3.05) is 11.2 Å². The third kappa shape index (κ3) is 2.76. The highest BCUT2D eigenvalue weighted by Gasteiger charge is 2.46. The molecule has 0 spiro atoms. The summed E-state index contributed by atoms with van der Waals surface area (Å²) in [5, 5.41) is 5.07. The van der Waals surface area contributed by atoms with Crippen molar-refractivity contribution in [3.8, 4) is 11.3 Å². The number of hydrogen-bond donors (Lipinski definition) is 1. The predicted octanol–water partition coefficient (Wildman–Crippen LogP) is 2.65. The number of hydrogen-bond acceptors (Lipinski definition) is 5. The number of nitrogens with zero attached hydrogens (tertiary/aromatic N) is 3. The number of thioether (sulfide) groups is 1. The van der Waals surface area contributed by atoms with Crippen molar-refractivity contribution in [3.63, 3.8) is 0 Å². The lowest BCUT2D eigenvalue weighted by atomic mass is 10.0. The number of anilines is 1. The molecule has 0 radical (unpaired) electrons. The average Bonchev–Trinajstić information content (AvgIpc) is 3.11. The van der Waals surface area contributed by atoms with Gasteiger partial charge < -0.3 is 4.42 Å². The molecule has 7 nitrogen and oxygen atoms in total. The van der Waals surface area contributed by atoms with Crippen LogP contribution in [0.5, 0.6) is 0 Å². The second-order valence-electron chi connectivity index (χ2n) is 6.21. The molecular weight excluding hydrogens is 364 g/mol. The van der Waals surface area contributed by atoms with Gasteiger partial charge in [0.15, 0.2) is 5.76 Å². The summed E-state index contributed by atoms with van der Waals surface area (Å²) >= 11 is 1.33. The Hall–Kier alpha value is -2.87. The summed E-state index contributed by atoms with van der Waals surface area (Å²) in [5.74, 6) is 1.21. The number of aromatic amines is 1. The van der Waals surface area contributed by atoms with Crippen molar-refractivity contribution in [1.29, 1.82) is 0 Å². The molecule has 1 N–H and O–H groups in total. The van der Waals surface area contributed by atoms with E-state index in [4.69, 9.17) is 4.42 Å². The Morgan fingerprint density at radius 2 is 2.11 bits per heavy atom. The van der Waals surface area contributed by atoms with E-state index in [1.54, 1.807) is 9.58 Å². The number of carbonyl (C=O) groups is 1. The van der Waals surface area contributed by atoms with Crippen molar-refractivity contribution in [3.05, 3.63) is 58.3 Å². The first kappa shape index (κ1) is 17.5. The number of aryl methyl sites for hydroxylation is 1. The molecule has 1 aliphatic rings. The standard InChI is InChI=1S/C19H18N4O3S/c1-4-15(24)22-13-8-6-5-7-12(13)16-17(25)20-19(27-3)21-23(16)18(22)14-10-9-11(2)26-14/h5-10,18H,4H2,1-3H3/p+1/t18-/m1/s1. The Morgan fingerprint density at radius 1 is 1.33 bits per heavy atom. The van der Waals surface area contributed by atoms with Crippen LogP contribution in [0.3, 0.4) is 0 Å². The number of fused-ring (bicyclic) bond motifs is 3. The van der Waals surface area contributed by atoms with Gasteiger partial charge in [0, 0.05) is 11.5 Å². The quantitative estimate of drug-likeness (QED) is 0.555. The molecule has 138 valence electrons. The second kappa shape index (κ2) is 6.70. The molecule has 3 aromatic rings. The zero-order valence-electron chi connectivity index (χ0n) is 15.2. The van der Waals surface area contributed by atoms with Gasteiger partial charge in [-0.2, -0.15) is 0 Å². The molecule has 8 heteroatoms. The molecule has 0 saturated heterocycles. The maximum Gasteiger partial charge on any atom is 0.325 e. The van der Waals surface area contributed by atoms with Crippen LogP contribution in [-0.2, 0) is 4.79 Å². The summed E-state index contributed by atoms with van der Waals surface area (Å²) in [4.78, 5) is 30.3. The molecule has 1 aromatic carbocycles. The number of para-hydroxylation sites is 1. The summed E-state index contributed by atoms with van der Waals surface area (Å²) in [6.45, 7) is 3.66. The maximum absolute atomic E-state index is 12.9. The molecule has 0 unspecified atom stereocenters. The van der Waals surface area contributed by atoms with Crippen LogP contribution in [0.1, 0.15) is 31.0 Å². The van der Waals surface area contributed by atoms with E-state index >= 15 is 0 Å². The van der Waals surface area contributed by atoms with E-state index in [-0.39, 0.29) is 11.5 Å². The lowest BCUT2D eigenvalue weighted by molar-refractivity contribution is -0.764. The number of aromatic nitrogens is 3. The van der Waals surface area contributed by atoms with Gasteiger partial charge in [0.2, 0.25) is 11.1 Å². The van der Waals surface area contributed by atoms with Crippen LogP contribution in [0, 0.1) is 6.92 Å². The van der Waals surface area contributed by atoms with Gasteiger partial charge in [-0.1, -0.05) is 30.8 Å². The van der Waals surface area contributed by atoms with E-state index in [9.17, 15) is 9.59 Å². The minimum atomic E-state index is -0.663. The van der Waals surface area contributed by atoms with Crippen LogP contribution in [-0.4, -0.2) is 22.2 Å². The summed E-state index contributed by atoms with van der Waals surface area (Å²) in [5.41, 5.74) is 1.49. The number of nitrogens with one attached hydrogen (secondary N) is 1. The Labute approximate surface area is 160 Å². The molecule has 4 rings (SSSR count). The first-order valence-electron chi connectivity index (χ1n) is 8.63. The zero-order valence-corrected chi connectivity index (χ0v) is 16.0. The van der Waals surface area contributed by atoms with Crippen molar-refractivity contribution in [1.82, 2.24) is 10.1 Å². The molecular formula is C19H19N4O3S+. The van der Waals surface area contributed by atoms with Gasteiger partial charge in [0.05, 0.1) is 11.3 Å². The Morgan fingerprint density at radius 3 is 2.78 bits per heavy atom. The lowest BCUT2D eigenvalue weighted by Crippen LogP contribution is -2.60. The normalized spacial score (nSPS) is 15.4. The van der Waals surface area contributed by atoms with Gasteiger partial charge in [-0.25, -0.2) is 4.90 Å². The fraction of sp³-hybridized carbons (Fsp3) is 0.263. The minimum Gasteiger partial charge on any atom is -0.457 e.